The second kappa shape index (κ2) is 13.4. The number of fused-ring (bicyclic) bond motifs is 2. The highest BCUT2D eigenvalue weighted by Crippen LogP contribution is 2.36. The number of aryl methyl sites for hydroxylation is 2. The average molecular weight is 737 g/mol. The number of ketones is 1. The fraction of sp³-hybridized carbons (Fsp3) is 0.171. The molecule has 0 spiro atoms. The van der Waals surface area contributed by atoms with Crippen LogP contribution >= 0.6 is 0 Å². The van der Waals surface area contributed by atoms with Crippen molar-refractivity contribution in [3.8, 4) is 51.0 Å². The van der Waals surface area contributed by atoms with E-state index >= 15 is 0 Å². The normalized spacial score (nSPS) is 11.8. The molecular formula is C35H27F3N12O4. The lowest BCUT2D eigenvalue weighted by Crippen LogP contribution is -2.17. The Hall–Kier alpha value is -7.18. The number of ether oxygens (including phenoxy) is 1. The summed E-state index contributed by atoms with van der Waals surface area (Å²) in [5.41, 5.74) is 11.8. The predicted octanol–water partition coefficient (Wildman–Crippen LogP) is 6.43. The summed E-state index contributed by atoms with van der Waals surface area (Å²) in [5, 5.41) is 18.7. The van der Waals surface area contributed by atoms with Crippen LogP contribution in [0.2, 0.25) is 0 Å². The Labute approximate surface area is 301 Å². The number of Topliss-reactive ketones (excluding diaryl/α,β-unsaturated/α-hetero) is 1. The van der Waals surface area contributed by atoms with Crippen molar-refractivity contribution in [3.05, 3.63) is 78.9 Å². The minimum atomic E-state index is -4.85. The van der Waals surface area contributed by atoms with Crippen LogP contribution in [-0.2, 0) is 13.1 Å². The number of hydrogen-bond donors (Lipinski definition) is 2. The quantitative estimate of drug-likeness (QED) is 0.138. The molecule has 8 rings (SSSR count). The second-order valence-corrected chi connectivity index (χ2v) is 11.9. The number of pyridine rings is 2. The van der Waals surface area contributed by atoms with Gasteiger partial charge in [0.1, 0.15) is 16.8 Å². The predicted molar refractivity (Wildman–Crippen MR) is 188 cm³/mol. The van der Waals surface area contributed by atoms with Crippen LogP contribution in [0.25, 0.3) is 67.4 Å². The Morgan fingerprint density at radius 1 is 0.796 bits per heavy atom. The van der Waals surface area contributed by atoms with Gasteiger partial charge in [-0.1, -0.05) is 30.3 Å². The van der Waals surface area contributed by atoms with E-state index in [0.29, 0.717) is 63.7 Å². The van der Waals surface area contributed by atoms with Gasteiger partial charge in [0, 0.05) is 42.2 Å². The monoisotopic (exact) mass is 736 g/mol. The number of nitrogens with zero attached hydrogens (tertiary/aromatic N) is 10. The molecule has 16 nitrogen and oxygen atoms in total. The number of benzene rings is 2. The Balaban J connectivity index is 1.08. The summed E-state index contributed by atoms with van der Waals surface area (Å²) in [6.45, 7) is 4.58. The molecule has 54 heavy (non-hydrogen) atoms. The Morgan fingerprint density at radius 3 is 2.00 bits per heavy atom. The van der Waals surface area contributed by atoms with Crippen molar-refractivity contribution < 1.29 is 32.0 Å². The molecule has 19 heteroatoms. The molecule has 2 aromatic carbocycles. The van der Waals surface area contributed by atoms with Gasteiger partial charge in [0.15, 0.2) is 34.6 Å². The summed E-state index contributed by atoms with van der Waals surface area (Å²) >= 11 is 0. The molecule has 0 aliphatic carbocycles. The minimum Gasteiger partial charge on any atom is -0.406 e. The molecule has 8 aromatic rings. The van der Waals surface area contributed by atoms with E-state index in [-0.39, 0.29) is 35.4 Å². The van der Waals surface area contributed by atoms with E-state index in [1.54, 1.807) is 36.7 Å². The molecule has 0 saturated carbocycles. The number of hydrogen-bond acceptors (Lipinski definition) is 14. The van der Waals surface area contributed by atoms with Crippen LogP contribution in [0.4, 0.5) is 24.8 Å². The lowest BCUT2D eigenvalue weighted by molar-refractivity contribution is -0.274. The molecule has 3 N–H and O–H groups in total. The maximum Gasteiger partial charge on any atom is 0.573 e. The maximum atomic E-state index is 13.6. The van der Waals surface area contributed by atoms with Crippen LogP contribution in [0.15, 0.2) is 82.6 Å². The highest BCUT2D eigenvalue weighted by molar-refractivity contribution is 6.02. The summed E-state index contributed by atoms with van der Waals surface area (Å²) in [7, 11) is 0. The molecule has 0 saturated heterocycles. The number of halogens is 3. The van der Waals surface area contributed by atoms with Crippen molar-refractivity contribution in [2.24, 2.45) is 0 Å². The summed E-state index contributed by atoms with van der Waals surface area (Å²) < 4.78 is 56.6. The Morgan fingerprint density at radius 2 is 1.39 bits per heavy atom. The topological polar surface area (TPSA) is 204 Å². The van der Waals surface area contributed by atoms with Crippen LogP contribution in [0.1, 0.15) is 24.2 Å². The summed E-state index contributed by atoms with van der Waals surface area (Å²) in [6.07, 6.45) is 1.56. The van der Waals surface area contributed by atoms with Crippen LogP contribution in [-0.4, -0.2) is 68.4 Å². The third-order valence-corrected chi connectivity index (χ3v) is 8.65. The second-order valence-electron chi connectivity index (χ2n) is 11.9. The molecule has 6 aromatic heterocycles. The van der Waals surface area contributed by atoms with Gasteiger partial charge < -0.3 is 24.9 Å². The van der Waals surface area contributed by atoms with E-state index in [9.17, 15) is 18.0 Å². The van der Waals surface area contributed by atoms with Crippen LogP contribution in [0.5, 0.6) is 5.75 Å². The molecule has 0 aliphatic heterocycles. The molecular weight excluding hydrogens is 709 g/mol. The number of alkyl halides is 3. The van der Waals surface area contributed by atoms with E-state index in [2.05, 4.69) is 45.6 Å². The van der Waals surface area contributed by atoms with Crippen molar-refractivity contribution in [2.75, 3.05) is 17.6 Å². The first kappa shape index (κ1) is 33.9. The number of nitrogens with one attached hydrogen (secondary N) is 1. The first-order valence-electron chi connectivity index (χ1n) is 16.5. The van der Waals surface area contributed by atoms with Gasteiger partial charge in [-0.3, -0.25) is 14.8 Å². The lowest BCUT2D eigenvalue weighted by Gasteiger charge is -2.12. The fourth-order valence-electron chi connectivity index (χ4n) is 6.37. The van der Waals surface area contributed by atoms with Crippen molar-refractivity contribution >= 4 is 39.5 Å². The molecule has 0 amide bonds. The van der Waals surface area contributed by atoms with Gasteiger partial charge in [-0.2, -0.15) is 0 Å². The van der Waals surface area contributed by atoms with Crippen molar-refractivity contribution in [1.82, 2.24) is 49.7 Å². The zero-order chi connectivity index (χ0) is 37.6. The molecule has 0 fully saturated rings. The van der Waals surface area contributed by atoms with Gasteiger partial charge in [0.2, 0.25) is 5.82 Å². The van der Waals surface area contributed by atoms with E-state index in [4.69, 9.17) is 20.0 Å². The smallest absolute Gasteiger partial charge is 0.406 e. The first-order valence-corrected chi connectivity index (χ1v) is 16.5. The number of anilines is 2. The van der Waals surface area contributed by atoms with Gasteiger partial charge in [-0.05, 0) is 63.8 Å². The number of rotatable bonds is 11. The highest BCUT2D eigenvalue weighted by atomic mass is 19.4. The van der Waals surface area contributed by atoms with Crippen LogP contribution in [0.3, 0.4) is 0 Å². The molecule has 0 aliphatic rings. The molecule has 272 valence electrons. The van der Waals surface area contributed by atoms with Gasteiger partial charge >= 0.3 is 6.36 Å². The summed E-state index contributed by atoms with van der Waals surface area (Å²) in [4.78, 5) is 31.7. The third-order valence-electron chi connectivity index (χ3n) is 8.65. The lowest BCUT2D eigenvalue weighted by atomic mass is 10.0. The number of nitrogens with two attached hydrogens (primary N) is 1. The molecule has 0 bridgehead atoms. The van der Waals surface area contributed by atoms with Crippen LogP contribution in [0, 0.1) is 0 Å². The van der Waals surface area contributed by atoms with E-state index < -0.39 is 6.36 Å². The number of carbonyl (C=O) groups is 1. The van der Waals surface area contributed by atoms with Gasteiger partial charge in [-0.25, -0.2) is 19.2 Å². The number of aromatic nitrogens is 10. The van der Waals surface area contributed by atoms with Crippen molar-refractivity contribution in [3.63, 3.8) is 0 Å². The summed E-state index contributed by atoms with van der Waals surface area (Å²) in [5.74, 6) is 0.464. The SMILES string of the molecule is CCn1c(-c2nonc2N)nc2cncc(-c3cccc(C(=O)CNc4nonc4-c4nc5cncc(-c6cccc(OC(F)(F)F)c6)c5n4CC)c3)c21. The average Bonchev–Trinajstić information content (AvgIpc) is 3.97. The van der Waals surface area contributed by atoms with E-state index in [0.717, 1.165) is 16.6 Å². The molecule has 0 radical (unpaired) electrons. The fourth-order valence-corrected chi connectivity index (χ4v) is 6.37. The molecule has 6 heterocycles. The standard InChI is InChI=1S/C35H27F3N12O4/c1-3-49-29-22(13-40-15-24(29)43-33(49)27-31(39)47-53-45-27)18-7-5-9-20(11-18)26(51)17-42-32-28(46-54-48-32)34-44-25-16-41-14-23(30(25)50(34)4-2)19-8-6-10-21(12-19)52-35(36,37)38/h5-16H,3-4,17H2,1-2H3,(H2,39,47)(H,42,48). The minimum absolute atomic E-state index is 0.109. The first-order chi connectivity index (χ1) is 26.1. The van der Waals surface area contributed by atoms with Gasteiger partial charge in [0.05, 0.1) is 30.0 Å². The number of carbonyl (C=O) groups excluding carboxylic acids is 1. The van der Waals surface area contributed by atoms with Crippen molar-refractivity contribution in [1.29, 1.82) is 0 Å². The van der Waals surface area contributed by atoms with E-state index in [1.807, 2.05) is 29.0 Å². The Bertz CT molecular complexity index is 2680. The zero-order valence-electron chi connectivity index (χ0n) is 28.4. The van der Waals surface area contributed by atoms with Gasteiger partial charge in [-0.15, -0.1) is 13.2 Å². The van der Waals surface area contributed by atoms with Crippen LogP contribution < -0.4 is 15.8 Å². The molecule has 0 atom stereocenters. The number of nitrogen functional groups attached to an aromatic ring is 1. The Kier molecular flexibility index (Phi) is 8.43. The number of imidazole rings is 2. The molecule has 0 unspecified atom stereocenters. The zero-order valence-corrected chi connectivity index (χ0v) is 28.4. The van der Waals surface area contributed by atoms with Gasteiger partial charge in [0.25, 0.3) is 0 Å². The highest BCUT2D eigenvalue weighted by Gasteiger charge is 2.31. The van der Waals surface area contributed by atoms with E-state index in [1.165, 1.54) is 30.6 Å². The maximum absolute atomic E-state index is 13.6. The largest absolute Gasteiger partial charge is 0.573 e. The third kappa shape index (κ3) is 6.10. The summed E-state index contributed by atoms with van der Waals surface area (Å²) in [6, 6.07) is 12.7. The van der Waals surface area contributed by atoms with Crippen molar-refractivity contribution in [2.45, 2.75) is 33.3 Å².